The Morgan fingerprint density at radius 1 is 1.42 bits per heavy atom. The van der Waals surface area contributed by atoms with Crippen molar-refractivity contribution in [3.8, 4) is 0 Å². The average Bonchev–Trinajstić information content (AvgIpc) is 2.39. The Hall–Kier alpha value is -1.29. The van der Waals surface area contributed by atoms with Gasteiger partial charge in [-0.2, -0.15) is 17.0 Å². The molecule has 0 bridgehead atoms. The number of nitrogens with zero attached hydrogens (tertiary/aromatic N) is 4. The zero-order chi connectivity index (χ0) is 14.0. The lowest BCUT2D eigenvalue weighted by Crippen LogP contribution is -2.47. The van der Waals surface area contributed by atoms with Gasteiger partial charge in [0.25, 0.3) is 10.2 Å². The summed E-state index contributed by atoms with van der Waals surface area (Å²) in [6.07, 6.45) is 2.50. The van der Waals surface area contributed by atoms with Gasteiger partial charge in [-0.3, -0.25) is 4.98 Å². The van der Waals surface area contributed by atoms with Crippen molar-refractivity contribution >= 4 is 16.0 Å². The SMILES string of the molecule is CN(C)S(=O)(=O)N1CCO[C@@H](c2nccnc2N)C1. The van der Waals surface area contributed by atoms with Crippen LogP contribution in [0.4, 0.5) is 5.82 Å². The van der Waals surface area contributed by atoms with Gasteiger partial charge in [0.05, 0.1) is 6.61 Å². The first-order chi connectivity index (χ1) is 8.93. The molecule has 1 saturated heterocycles. The Balaban J connectivity index is 2.21. The van der Waals surface area contributed by atoms with Crippen LogP contribution in [0.1, 0.15) is 11.8 Å². The lowest BCUT2D eigenvalue weighted by Gasteiger charge is -2.33. The van der Waals surface area contributed by atoms with Crippen LogP contribution in [0.25, 0.3) is 0 Å². The molecule has 0 saturated carbocycles. The van der Waals surface area contributed by atoms with E-state index in [1.165, 1.54) is 35.1 Å². The van der Waals surface area contributed by atoms with Gasteiger partial charge in [-0.25, -0.2) is 4.98 Å². The highest BCUT2D eigenvalue weighted by Gasteiger charge is 2.33. The Kier molecular flexibility index (Phi) is 3.99. The van der Waals surface area contributed by atoms with Crippen LogP contribution < -0.4 is 5.73 Å². The van der Waals surface area contributed by atoms with E-state index >= 15 is 0 Å². The van der Waals surface area contributed by atoms with E-state index in [0.29, 0.717) is 18.8 Å². The molecule has 0 aliphatic carbocycles. The minimum absolute atomic E-state index is 0.184. The highest BCUT2D eigenvalue weighted by molar-refractivity contribution is 7.86. The third-order valence-corrected chi connectivity index (χ3v) is 4.79. The summed E-state index contributed by atoms with van der Waals surface area (Å²) in [5.41, 5.74) is 6.21. The predicted molar refractivity (Wildman–Crippen MR) is 69.3 cm³/mol. The fraction of sp³-hybridized carbons (Fsp3) is 0.600. The van der Waals surface area contributed by atoms with E-state index < -0.39 is 16.3 Å². The summed E-state index contributed by atoms with van der Waals surface area (Å²) in [5.74, 6) is 0.261. The molecule has 0 radical (unpaired) electrons. The van der Waals surface area contributed by atoms with Crippen molar-refractivity contribution in [1.82, 2.24) is 18.6 Å². The number of nitrogens with two attached hydrogens (primary N) is 1. The lowest BCUT2D eigenvalue weighted by molar-refractivity contribution is -0.00594. The molecule has 19 heavy (non-hydrogen) atoms. The number of hydrogen-bond acceptors (Lipinski definition) is 6. The summed E-state index contributed by atoms with van der Waals surface area (Å²) in [6.45, 7) is 0.800. The minimum atomic E-state index is -3.46. The second kappa shape index (κ2) is 5.37. The predicted octanol–water partition coefficient (Wildman–Crippen LogP) is -0.761. The minimum Gasteiger partial charge on any atom is -0.382 e. The maximum absolute atomic E-state index is 12.1. The number of nitrogen functional groups attached to an aromatic ring is 1. The molecule has 9 heteroatoms. The molecule has 1 aliphatic heterocycles. The van der Waals surface area contributed by atoms with Crippen molar-refractivity contribution in [3.63, 3.8) is 0 Å². The second-order valence-corrected chi connectivity index (χ2v) is 6.48. The van der Waals surface area contributed by atoms with E-state index in [1.54, 1.807) is 0 Å². The van der Waals surface area contributed by atoms with E-state index in [2.05, 4.69) is 9.97 Å². The van der Waals surface area contributed by atoms with Crippen LogP contribution in [0.2, 0.25) is 0 Å². The first-order valence-corrected chi connectivity index (χ1v) is 7.18. The molecule has 106 valence electrons. The number of aromatic nitrogens is 2. The Labute approximate surface area is 112 Å². The lowest BCUT2D eigenvalue weighted by atomic mass is 10.2. The fourth-order valence-electron chi connectivity index (χ4n) is 1.84. The molecule has 2 N–H and O–H groups in total. The molecule has 0 amide bonds. The molecule has 1 aliphatic rings. The topological polar surface area (TPSA) is 102 Å². The Bertz CT molecular complexity index is 548. The second-order valence-electron chi connectivity index (χ2n) is 4.33. The molecule has 1 atom stereocenters. The molecule has 1 fully saturated rings. The van der Waals surface area contributed by atoms with Crippen LogP contribution in [0, 0.1) is 0 Å². The molecule has 0 spiro atoms. The van der Waals surface area contributed by atoms with Gasteiger partial charge in [-0.1, -0.05) is 0 Å². The molecule has 8 nitrogen and oxygen atoms in total. The van der Waals surface area contributed by atoms with E-state index in [1.807, 2.05) is 0 Å². The Morgan fingerprint density at radius 2 is 2.11 bits per heavy atom. The molecular weight excluding hydrogens is 270 g/mol. The third-order valence-electron chi connectivity index (χ3n) is 2.88. The van der Waals surface area contributed by atoms with Crippen LogP contribution >= 0.6 is 0 Å². The van der Waals surface area contributed by atoms with Gasteiger partial charge in [-0.15, -0.1) is 0 Å². The van der Waals surface area contributed by atoms with Gasteiger partial charge in [0.15, 0.2) is 0 Å². The van der Waals surface area contributed by atoms with Crippen molar-refractivity contribution in [2.75, 3.05) is 39.5 Å². The van der Waals surface area contributed by atoms with Crippen molar-refractivity contribution in [2.45, 2.75) is 6.10 Å². The van der Waals surface area contributed by atoms with E-state index in [0.717, 1.165) is 0 Å². The third kappa shape index (κ3) is 2.84. The maximum atomic E-state index is 12.1. The van der Waals surface area contributed by atoms with Crippen LogP contribution in [0.15, 0.2) is 12.4 Å². The monoisotopic (exact) mass is 287 g/mol. The zero-order valence-corrected chi connectivity index (χ0v) is 11.7. The zero-order valence-electron chi connectivity index (χ0n) is 10.9. The molecule has 0 unspecified atom stereocenters. The highest BCUT2D eigenvalue weighted by Crippen LogP contribution is 2.25. The van der Waals surface area contributed by atoms with E-state index in [4.69, 9.17) is 10.5 Å². The molecule has 0 aromatic carbocycles. The number of anilines is 1. The highest BCUT2D eigenvalue weighted by atomic mass is 32.2. The molecule has 2 heterocycles. The first-order valence-electron chi connectivity index (χ1n) is 5.78. The molecule has 1 aromatic rings. The van der Waals surface area contributed by atoms with Crippen LogP contribution in [-0.2, 0) is 14.9 Å². The quantitative estimate of drug-likeness (QED) is 0.784. The summed E-state index contributed by atoms with van der Waals surface area (Å²) in [4.78, 5) is 8.05. The van der Waals surface area contributed by atoms with Gasteiger partial charge in [-0.05, 0) is 0 Å². The largest absolute Gasteiger partial charge is 0.382 e. The summed E-state index contributed by atoms with van der Waals surface area (Å²) in [7, 11) is -0.463. The van der Waals surface area contributed by atoms with Crippen molar-refractivity contribution in [1.29, 1.82) is 0 Å². The fourth-order valence-corrected chi connectivity index (χ4v) is 2.93. The van der Waals surface area contributed by atoms with Gasteiger partial charge in [0.1, 0.15) is 17.6 Å². The summed E-state index contributed by atoms with van der Waals surface area (Å²) >= 11 is 0. The first kappa shape index (κ1) is 14.1. The van der Waals surface area contributed by atoms with Gasteiger partial charge >= 0.3 is 0 Å². The van der Waals surface area contributed by atoms with Crippen molar-refractivity contribution < 1.29 is 13.2 Å². The van der Waals surface area contributed by atoms with Gasteiger partial charge < -0.3 is 10.5 Å². The van der Waals surface area contributed by atoms with E-state index in [9.17, 15) is 8.42 Å². The van der Waals surface area contributed by atoms with Gasteiger partial charge in [0, 0.05) is 39.6 Å². The number of hydrogen-bond donors (Lipinski definition) is 1. The number of morpholine rings is 1. The normalized spacial score (nSPS) is 21.7. The Morgan fingerprint density at radius 3 is 2.74 bits per heavy atom. The number of ether oxygens (including phenoxy) is 1. The van der Waals surface area contributed by atoms with Crippen LogP contribution in [0.3, 0.4) is 0 Å². The summed E-state index contributed by atoms with van der Waals surface area (Å²) in [5, 5.41) is 0. The van der Waals surface area contributed by atoms with Crippen LogP contribution in [-0.4, -0.2) is 60.8 Å². The summed E-state index contributed by atoms with van der Waals surface area (Å²) < 4.78 is 32.2. The molecule has 1 aromatic heterocycles. The summed E-state index contributed by atoms with van der Waals surface area (Å²) in [6, 6.07) is 0. The molecule has 2 rings (SSSR count). The standard InChI is InChI=1S/C10H17N5O3S/c1-14(2)19(16,17)15-5-6-18-8(7-15)9-10(11)13-4-3-12-9/h3-4,8H,5-7H2,1-2H3,(H2,11,13)/t8-/m1/s1. The number of rotatable bonds is 3. The molecular formula is C10H17N5O3S. The maximum Gasteiger partial charge on any atom is 0.281 e. The van der Waals surface area contributed by atoms with Crippen LogP contribution in [0.5, 0.6) is 0 Å². The van der Waals surface area contributed by atoms with Crippen molar-refractivity contribution in [3.05, 3.63) is 18.1 Å². The van der Waals surface area contributed by atoms with Crippen molar-refractivity contribution in [2.24, 2.45) is 0 Å². The van der Waals surface area contributed by atoms with Gasteiger partial charge in [0.2, 0.25) is 0 Å². The average molecular weight is 287 g/mol. The smallest absolute Gasteiger partial charge is 0.281 e. The van der Waals surface area contributed by atoms with E-state index in [-0.39, 0.29) is 12.4 Å².